The topological polar surface area (TPSA) is 58.4 Å². The Balaban J connectivity index is 1.60. The summed E-state index contributed by atoms with van der Waals surface area (Å²) in [6.07, 6.45) is 5.98. The maximum Gasteiger partial charge on any atom is 0.272 e. The van der Waals surface area contributed by atoms with Crippen LogP contribution in [0.3, 0.4) is 0 Å². The van der Waals surface area contributed by atoms with Crippen LogP contribution in [0, 0.1) is 5.41 Å². The summed E-state index contributed by atoms with van der Waals surface area (Å²) < 4.78 is 1.76. The number of nitrogens with zero attached hydrogens (tertiary/aromatic N) is 4. The molecule has 2 saturated heterocycles. The fraction of sp³-hybridized carbons (Fsp3) is 0.607. The molecule has 3 aliphatic rings. The molecule has 5 atom stereocenters. The van der Waals surface area contributed by atoms with Crippen LogP contribution in [0.25, 0.3) is 0 Å². The summed E-state index contributed by atoms with van der Waals surface area (Å²) in [4.78, 5) is 31.8. The lowest BCUT2D eigenvalue weighted by Crippen LogP contribution is -2.61. The lowest BCUT2D eigenvalue weighted by atomic mass is 9.69. The molecule has 1 aliphatic carbocycles. The van der Waals surface area contributed by atoms with Gasteiger partial charge < -0.3 is 9.80 Å². The average Bonchev–Trinajstić information content (AvgIpc) is 3.25. The van der Waals surface area contributed by atoms with Gasteiger partial charge in [-0.25, -0.2) is 0 Å². The van der Waals surface area contributed by atoms with Crippen LogP contribution in [-0.4, -0.2) is 55.6 Å². The number of hydrogen-bond acceptors (Lipinski definition) is 3. The second-order valence-corrected chi connectivity index (χ2v) is 11.2. The van der Waals surface area contributed by atoms with Gasteiger partial charge >= 0.3 is 0 Å². The number of amides is 2. The monoisotopic (exact) mass is 462 g/mol. The van der Waals surface area contributed by atoms with E-state index in [1.54, 1.807) is 11.6 Å². The zero-order chi connectivity index (χ0) is 24.2. The Morgan fingerprint density at radius 1 is 1.09 bits per heavy atom. The molecule has 5 rings (SSSR count). The number of likely N-dealkylation sites (tertiary alicyclic amines) is 2. The Morgan fingerprint density at radius 2 is 1.74 bits per heavy atom. The van der Waals surface area contributed by atoms with E-state index in [9.17, 15) is 9.59 Å². The Bertz CT molecular complexity index is 1080. The predicted molar refractivity (Wildman–Crippen MR) is 132 cm³/mol. The summed E-state index contributed by atoms with van der Waals surface area (Å²) >= 11 is 0. The predicted octanol–water partition coefficient (Wildman–Crippen LogP) is 4.55. The highest BCUT2D eigenvalue weighted by atomic mass is 16.2. The van der Waals surface area contributed by atoms with Crippen LogP contribution in [0.2, 0.25) is 0 Å². The van der Waals surface area contributed by atoms with Gasteiger partial charge in [-0.2, -0.15) is 5.10 Å². The van der Waals surface area contributed by atoms with Gasteiger partial charge in [0.05, 0.1) is 17.8 Å². The summed E-state index contributed by atoms with van der Waals surface area (Å²) in [6.45, 7) is 8.27. The van der Waals surface area contributed by atoms with Crippen molar-refractivity contribution < 1.29 is 9.59 Å². The fourth-order valence-electron chi connectivity index (χ4n) is 7.20. The molecule has 0 spiro atoms. The molecule has 182 valence electrons. The zero-order valence-electron chi connectivity index (χ0n) is 21.2. The molecule has 1 aromatic heterocycles. The van der Waals surface area contributed by atoms with E-state index in [1.165, 1.54) is 5.56 Å². The summed E-state index contributed by atoms with van der Waals surface area (Å²) in [7, 11) is 1.88. The van der Waals surface area contributed by atoms with Crippen molar-refractivity contribution in [3.63, 3.8) is 0 Å². The molecule has 0 radical (unpaired) electrons. The molecule has 2 amide bonds. The molecule has 2 aromatic rings. The molecule has 1 aromatic carbocycles. The van der Waals surface area contributed by atoms with Crippen LogP contribution in [0.4, 0.5) is 0 Å². The lowest BCUT2D eigenvalue weighted by molar-refractivity contribution is -0.141. The van der Waals surface area contributed by atoms with Crippen molar-refractivity contribution in [1.82, 2.24) is 19.6 Å². The Kier molecular flexibility index (Phi) is 5.81. The van der Waals surface area contributed by atoms with Gasteiger partial charge in [-0.15, -0.1) is 0 Å². The number of hydrogen-bond donors (Lipinski definition) is 0. The van der Waals surface area contributed by atoms with E-state index in [0.717, 1.165) is 44.2 Å². The molecule has 0 N–H and O–H groups in total. The van der Waals surface area contributed by atoms with Gasteiger partial charge in [0.2, 0.25) is 5.91 Å². The minimum Gasteiger partial charge on any atom is -0.334 e. The minimum absolute atomic E-state index is 0.0113. The van der Waals surface area contributed by atoms with Crippen molar-refractivity contribution in [3.05, 3.63) is 53.3 Å². The van der Waals surface area contributed by atoms with Gasteiger partial charge in [0, 0.05) is 31.5 Å². The van der Waals surface area contributed by atoms with Gasteiger partial charge in [0.1, 0.15) is 5.69 Å². The lowest BCUT2D eigenvalue weighted by Gasteiger charge is -2.50. The molecular formula is C28H38N4O2. The van der Waals surface area contributed by atoms with E-state index in [0.29, 0.717) is 5.69 Å². The second kappa shape index (κ2) is 8.54. The van der Waals surface area contributed by atoms with E-state index >= 15 is 0 Å². The first-order valence-electron chi connectivity index (χ1n) is 12.9. The molecule has 6 nitrogen and oxygen atoms in total. The summed E-state index contributed by atoms with van der Waals surface area (Å²) in [5, 5.41) is 4.64. The molecule has 1 saturated carbocycles. The quantitative estimate of drug-likeness (QED) is 0.670. The number of piperidine rings is 1. The number of fused-ring (bicyclic) bond motifs is 1. The van der Waals surface area contributed by atoms with Crippen LogP contribution >= 0.6 is 0 Å². The van der Waals surface area contributed by atoms with E-state index < -0.39 is 0 Å². The number of aromatic nitrogens is 2. The first-order chi connectivity index (χ1) is 16.2. The number of benzene rings is 1. The fourth-order valence-corrected chi connectivity index (χ4v) is 7.20. The van der Waals surface area contributed by atoms with E-state index in [4.69, 9.17) is 0 Å². The summed E-state index contributed by atoms with van der Waals surface area (Å²) in [5.74, 6) is 0.480. The minimum atomic E-state index is -0.0743. The van der Waals surface area contributed by atoms with Crippen molar-refractivity contribution in [2.45, 2.75) is 96.3 Å². The molecule has 0 unspecified atom stereocenters. The maximum atomic E-state index is 14.2. The number of aryl methyl sites for hydroxylation is 1. The smallest absolute Gasteiger partial charge is 0.272 e. The van der Waals surface area contributed by atoms with Crippen LogP contribution in [-0.2, 0) is 18.3 Å². The third-order valence-electron chi connectivity index (χ3n) is 8.80. The van der Waals surface area contributed by atoms with Crippen molar-refractivity contribution in [2.24, 2.45) is 12.5 Å². The Hall–Kier alpha value is -2.63. The highest BCUT2D eigenvalue weighted by molar-refractivity contribution is 5.94. The van der Waals surface area contributed by atoms with Crippen LogP contribution in [0.5, 0.6) is 0 Å². The largest absolute Gasteiger partial charge is 0.334 e. The van der Waals surface area contributed by atoms with E-state index in [1.807, 2.05) is 19.2 Å². The standard InChI is InChI=1S/C28H38N4O2/c1-18(2)21-16-23(30(5)29-21)27(34)32-24-17-28(4)25(13-9-10-14-26(28)32)31(19(3)33)22(24)15-20-11-7-6-8-12-20/h6-8,11-12,16,18,22,24-26H,9-10,13-15,17H2,1-5H3/t22-,24+,25-,26+,28-/m1/s1. The Labute approximate surface area is 203 Å². The third-order valence-corrected chi connectivity index (χ3v) is 8.80. The van der Waals surface area contributed by atoms with Crippen molar-refractivity contribution >= 4 is 11.8 Å². The molecule has 3 fully saturated rings. The number of rotatable bonds is 4. The number of carbonyl (C=O) groups excluding carboxylic acids is 2. The highest BCUT2D eigenvalue weighted by Gasteiger charge is 2.63. The molecule has 6 heteroatoms. The molecule has 34 heavy (non-hydrogen) atoms. The van der Waals surface area contributed by atoms with Gasteiger partial charge in [0.15, 0.2) is 0 Å². The maximum absolute atomic E-state index is 14.2. The van der Waals surface area contributed by atoms with Crippen molar-refractivity contribution in [3.8, 4) is 0 Å². The Morgan fingerprint density at radius 3 is 2.32 bits per heavy atom. The SMILES string of the molecule is CC(=O)N1[C@H](Cc2ccccc2)[C@@H]2C[C@@]3(C)[C@H](CCCC[C@@H]13)N2C(=O)c1cc(C(C)C)nn1C. The third kappa shape index (κ3) is 3.57. The van der Waals surface area contributed by atoms with Gasteiger partial charge in [-0.05, 0) is 43.2 Å². The van der Waals surface area contributed by atoms with Crippen molar-refractivity contribution in [1.29, 1.82) is 0 Å². The molecule has 2 aliphatic heterocycles. The average molecular weight is 463 g/mol. The second-order valence-electron chi connectivity index (χ2n) is 11.2. The molecule has 3 heterocycles. The number of carbonyl (C=O) groups is 2. The van der Waals surface area contributed by atoms with Crippen LogP contribution in [0.15, 0.2) is 36.4 Å². The van der Waals surface area contributed by atoms with Crippen LogP contribution < -0.4 is 0 Å². The van der Waals surface area contributed by atoms with E-state index in [2.05, 4.69) is 59.9 Å². The van der Waals surface area contributed by atoms with E-state index in [-0.39, 0.29) is 47.3 Å². The first kappa shape index (κ1) is 23.1. The highest BCUT2D eigenvalue weighted by Crippen LogP contribution is 2.56. The van der Waals surface area contributed by atoms with Crippen molar-refractivity contribution in [2.75, 3.05) is 0 Å². The summed E-state index contributed by atoms with van der Waals surface area (Å²) in [6, 6.07) is 12.7. The first-order valence-corrected chi connectivity index (χ1v) is 12.9. The molecular weight excluding hydrogens is 424 g/mol. The normalized spacial score (nSPS) is 30.5. The molecule has 2 bridgehead atoms. The van der Waals surface area contributed by atoms with Gasteiger partial charge in [-0.3, -0.25) is 14.3 Å². The van der Waals surface area contributed by atoms with Crippen LogP contribution in [0.1, 0.15) is 87.5 Å². The van der Waals surface area contributed by atoms with Gasteiger partial charge in [0.25, 0.3) is 5.91 Å². The summed E-state index contributed by atoms with van der Waals surface area (Å²) in [5.41, 5.74) is 2.75. The zero-order valence-corrected chi connectivity index (χ0v) is 21.2. The van der Waals surface area contributed by atoms with Gasteiger partial charge in [-0.1, -0.05) is 63.9 Å².